The van der Waals surface area contributed by atoms with Crippen molar-refractivity contribution >= 4 is 22.9 Å². The van der Waals surface area contributed by atoms with Crippen LogP contribution in [0.4, 0.5) is 5.82 Å². The van der Waals surface area contributed by atoms with E-state index in [2.05, 4.69) is 52.5 Å². The number of esters is 1. The molecule has 7 heteroatoms. The van der Waals surface area contributed by atoms with Crippen LogP contribution < -0.4 is 5.32 Å². The lowest BCUT2D eigenvalue weighted by molar-refractivity contribution is 0.0512. The van der Waals surface area contributed by atoms with Crippen molar-refractivity contribution in [1.29, 1.82) is 0 Å². The van der Waals surface area contributed by atoms with E-state index >= 15 is 0 Å². The molecular weight excluding hydrogens is 320 g/mol. The van der Waals surface area contributed by atoms with Gasteiger partial charge in [-0.05, 0) is 38.8 Å². The lowest BCUT2D eigenvalue weighted by atomic mass is 10.1. The van der Waals surface area contributed by atoms with E-state index in [4.69, 9.17) is 9.26 Å². The van der Waals surface area contributed by atoms with Crippen LogP contribution in [0.3, 0.4) is 0 Å². The zero-order valence-corrected chi connectivity index (χ0v) is 14.7. The number of fused-ring (bicyclic) bond motifs is 1. The van der Waals surface area contributed by atoms with Crippen molar-refractivity contribution in [3.63, 3.8) is 0 Å². The number of benzene rings is 1. The van der Waals surface area contributed by atoms with Crippen LogP contribution in [0.2, 0.25) is 0 Å². The van der Waals surface area contributed by atoms with Crippen LogP contribution in [-0.2, 0) is 11.3 Å². The van der Waals surface area contributed by atoms with E-state index in [1.54, 1.807) is 6.92 Å². The van der Waals surface area contributed by atoms with Gasteiger partial charge < -0.3 is 14.6 Å². The van der Waals surface area contributed by atoms with Crippen LogP contribution >= 0.6 is 0 Å². The van der Waals surface area contributed by atoms with Crippen molar-refractivity contribution in [2.24, 2.45) is 0 Å². The Morgan fingerprint density at radius 3 is 2.80 bits per heavy atom. The third kappa shape index (κ3) is 3.45. The van der Waals surface area contributed by atoms with Gasteiger partial charge in [-0.3, -0.25) is 0 Å². The molecule has 25 heavy (non-hydrogen) atoms. The minimum Gasteiger partial charge on any atom is -0.460 e. The summed E-state index contributed by atoms with van der Waals surface area (Å²) in [6.45, 7) is 8.46. The molecule has 0 unspecified atom stereocenters. The zero-order chi connectivity index (χ0) is 18.0. The lowest BCUT2D eigenvalue weighted by Gasteiger charge is -2.11. The second kappa shape index (κ2) is 6.88. The standard InChI is InChI=1S/C18H20N4O3/c1-5-24-18(23)16-20-15(14-12(4)22-25-17(14)21-16)19-9-13-8-10(2)6-7-11(13)3/h6-8H,5,9H2,1-4H3,(H,19,20,21). The van der Waals surface area contributed by atoms with E-state index in [9.17, 15) is 4.79 Å². The maximum absolute atomic E-state index is 12.0. The number of rotatable bonds is 5. The summed E-state index contributed by atoms with van der Waals surface area (Å²) in [5.74, 6) is -0.130. The highest BCUT2D eigenvalue weighted by Gasteiger charge is 2.19. The molecule has 2 heterocycles. The normalized spacial score (nSPS) is 10.9. The number of carbonyl (C=O) groups excluding carboxylic acids is 1. The van der Waals surface area contributed by atoms with Crippen molar-refractivity contribution in [2.75, 3.05) is 11.9 Å². The fourth-order valence-corrected chi connectivity index (χ4v) is 2.57. The van der Waals surface area contributed by atoms with Crippen molar-refractivity contribution < 1.29 is 14.1 Å². The van der Waals surface area contributed by atoms with E-state index in [0.29, 0.717) is 23.4 Å². The minimum atomic E-state index is -0.590. The van der Waals surface area contributed by atoms with Gasteiger partial charge in [-0.15, -0.1) is 0 Å². The van der Waals surface area contributed by atoms with Crippen LogP contribution in [0.5, 0.6) is 0 Å². The monoisotopic (exact) mass is 340 g/mol. The van der Waals surface area contributed by atoms with Gasteiger partial charge in [0, 0.05) is 6.54 Å². The molecule has 2 aromatic heterocycles. The summed E-state index contributed by atoms with van der Waals surface area (Å²) in [5.41, 5.74) is 4.44. The molecule has 3 rings (SSSR count). The first-order chi connectivity index (χ1) is 12.0. The molecule has 0 aliphatic heterocycles. The predicted molar refractivity (Wildman–Crippen MR) is 93.5 cm³/mol. The van der Waals surface area contributed by atoms with Crippen LogP contribution in [0, 0.1) is 20.8 Å². The first kappa shape index (κ1) is 16.9. The number of nitrogens with zero attached hydrogens (tertiary/aromatic N) is 3. The van der Waals surface area contributed by atoms with Gasteiger partial charge >= 0.3 is 5.97 Å². The van der Waals surface area contributed by atoms with Crippen LogP contribution in [0.1, 0.15) is 39.9 Å². The van der Waals surface area contributed by atoms with E-state index in [1.807, 2.05) is 6.92 Å². The number of anilines is 1. The number of hydrogen-bond donors (Lipinski definition) is 1. The van der Waals surface area contributed by atoms with E-state index in [-0.39, 0.29) is 18.1 Å². The third-order valence-electron chi connectivity index (χ3n) is 3.92. The molecule has 0 aliphatic rings. The second-order valence-corrected chi connectivity index (χ2v) is 5.85. The average Bonchev–Trinajstić information content (AvgIpc) is 2.97. The Morgan fingerprint density at radius 2 is 2.04 bits per heavy atom. The fraction of sp³-hybridized carbons (Fsp3) is 0.333. The summed E-state index contributed by atoms with van der Waals surface area (Å²) in [6.07, 6.45) is 0. The molecule has 0 aliphatic carbocycles. The Labute approximate surface area is 145 Å². The topological polar surface area (TPSA) is 90.1 Å². The predicted octanol–water partition coefficient (Wildman–Crippen LogP) is 3.33. The smallest absolute Gasteiger partial charge is 0.376 e. The van der Waals surface area contributed by atoms with Crippen molar-refractivity contribution in [3.05, 3.63) is 46.4 Å². The summed E-state index contributed by atoms with van der Waals surface area (Å²) in [5, 5.41) is 7.86. The Hall–Kier alpha value is -2.96. The fourth-order valence-electron chi connectivity index (χ4n) is 2.57. The highest BCUT2D eigenvalue weighted by atomic mass is 16.5. The minimum absolute atomic E-state index is 0.0473. The van der Waals surface area contributed by atoms with Crippen LogP contribution in [0.25, 0.3) is 11.1 Å². The maximum Gasteiger partial charge on any atom is 0.376 e. The highest BCUT2D eigenvalue weighted by Crippen LogP contribution is 2.25. The summed E-state index contributed by atoms with van der Waals surface area (Å²) in [7, 11) is 0. The van der Waals surface area contributed by atoms with Gasteiger partial charge in [-0.2, -0.15) is 4.98 Å². The third-order valence-corrected chi connectivity index (χ3v) is 3.92. The van der Waals surface area contributed by atoms with E-state index < -0.39 is 5.97 Å². The molecule has 0 spiro atoms. The van der Waals surface area contributed by atoms with Gasteiger partial charge in [0.25, 0.3) is 5.71 Å². The molecule has 130 valence electrons. The molecule has 0 saturated heterocycles. The molecule has 7 nitrogen and oxygen atoms in total. The number of carbonyl (C=O) groups is 1. The van der Waals surface area contributed by atoms with Gasteiger partial charge in [0.1, 0.15) is 11.2 Å². The lowest BCUT2D eigenvalue weighted by Crippen LogP contribution is -2.12. The Kier molecular flexibility index (Phi) is 4.65. The number of aromatic nitrogens is 3. The molecule has 0 radical (unpaired) electrons. The maximum atomic E-state index is 12.0. The Morgan fingerprint density at radius 1 is 1.24 bits per heavy atom. The summed E-state index contributed by atoms with van der Waals surface area (Å²) >= 11 is 0. The average molecular weight is 340 g/mol. The summed E-state index contributed by atoms with van der Waals surface area (Å²) < 4.78 is 10.2. The van der Waals surface area contributed by atoms with Gasteiger partial charge in [0.15, 0.2) is 0 Å². The van der Waals surface area contributed by atoms with Crippen LogP contribution in [-0.4, -0.2) is 27.7 Å². The molecular formula is C18H20N4O3. The molecule has 0 atom stereocenters. The van der Waals surface area contributed by atoms with Crippen LogP contribution in [0.15, 0.2) is 22.7 Å². The largest absolute Gasteiger partial charge is 0.460 e. The van der Waals surface area contributed by atoms with Crippen molar-refractivity contribution in [3.8, 4) is 0 Å². The van der Waals surface area contributed by atoms with E-state index in [0.717, 1.165) is 5.56 Å². The molecule has 0 fully saturated rings. The number of ether oxygens (including phenoxy) is 1. The van der Waals surface area contributed by atoms with Gasteiger partial charge in [-0.25, -0.2) is 9.78 Å². The van der Waals surface area contributed by atoms with E-state index in [1.165, 1.54) is 11.1 Å². The second-order valence-electron chi connectivity index (χ2n) is 5.85. The molecule has 0 bridgehead atoms. The molecule has 3 aromatic rings. The van der Waals surface area contributed by atoms with Gasteiger partial charge in [0.2, 0.25) is 5.82 Å². The zero-order valence-electron chi connectivity index (χ0n) is 14.7. The molecule has 1 aromatic carbocycles. The molecule has 1 N–H and O–H groups in total. The molecule has 0 saturated carbocycles. The summed E-state index contributed by atoms with van der Waals surface area (Å²) in [6, 6.07) is 6.27. The first-order valence-electron chi connectivity index (χ1n) is 8.10. The van der Waals surface area contributed by atoms with Crippen molar-refractivity contribution in [2.45, 2.75) is 34.2 Å². The molecule has 0 amide bonds. The number of hydrogen-bond acceptors (Lipinski definition) is 7. The Balaban J connectivity index is 1.97. The highest BCUT2D eigenvalue weighted by molar-refractivity contribution is 5.93. The quantitative estimate of drug-likeness (QED) is 0.712. The number of nitrogens with one attached hydrogen (secondary N) is 1. The first-order valence-corrected chi connectivity index (χ1v) is 8.10. The summed E-state index contributed by atoms with van der Waals surface area (Å²) in [4.78, 5) is 20.4. The van der Waals surface area contributed by atoms with Gasteiger partial charge in [-0.1, -0.05) is 28.9 Å². The van der Waals surface area contributed by atoms with Gasteiger partial charge in [0.05, 0.1) is 12.3 Å². The Bertz CT molecular complexity index is 933. The number of aryl methyl sites for hydroxylation is 3. The SMILES string of the molecule is CCOC(=O)c1nc(NCc2cc(C)ccc2C)c2c(C)noc2n1. The van der Waals surface area contributed by atoms with Crippen molar-refractivity contribution in [1.82, 2.24) is 15.1 Å².